The molecule has 0 amide bonds. The van der Waals surface area contributed by atoms with Crippen molar-refractivity contribution in [3.8, 4) is 17.2 Å². The van der Waals surface area contributed by atoms with Gasteiger partial charge in [0.25, 0.3) is 0 Å². The monoisotopic (exact) mass is 297 g/mol. The Balaban J connectivity index is 1.66. The lowest BCUT2D eigenvalue weighted by Crippen LogP contribution is -1.97. The number of para-hydroxylation sites is 1. The molecule has 1 radical (unpaired) electrons. The smallest absolute Gasteiger partial charge is 0.127 e. The van der Waals surface area contributed by atoms with Crippen LogP contribution in [-0.4, -0.2) is 6.61 Å². The van der Waals surface area contributed by atoms with Gasteiger partial charge in [0.2, 0.25) is 0 Å². The highest BCUT2D eigenvalue weighted by Gasteiger charge is 1.98. The van der Waals surface area contributed by atoms with Crippen molar-refractivity contribution >= 4 is 0 Å². The minimum atomic E-state index is 0.781. The van der Waals surface area contributed by atoms with Crippen molar-refractivity contribution < 1.29 is 9.47 Å². The lowest BCUT2D eigenvalue weighted by molar-refractivity contribution is 0.304. The third kappa shape index (κ3) is 6.21. The first-order valence-corrected chi connectivity index (χ1v) is 8.13. The lowest BCUT2D eigenvalue weighted by atomic mass is 10.1. The van der Waals surface area contributed by atoms with Crippen molar-refractivity contribution in [1.82, 2.24) is 0 Å². The van der Waals surface area contributed by atoms with Gasteiger partial charge in [0, 0.05) is 0 Å². The molecule has 2 aromatic carbocycles. The molecule has 0 N–H and O–H groups in total. The molecular formula is C20H25O2. The van der Waals surface area contributed by atoms with E-state index in [1.807, 2.05) is 54.6 Å². The molecule has 0 spiro atoms. The van der Waals surface area contributed by atoms with Crippen LogP contribution < -0.4 is 9.47 Å². The van der Waals surface area contributed by atoms with E-state index in [9.17, 15) is 0 Å². The fraction of sp³-hybridized carbons (Fsp3) is 0.350. The van der Waals surface area contributed by atoms with Gasteiger partial charge in [0.05, 0.1) is 6.61 Å². The Morgan fingerprint density at radius 1 is 0.636 bits per heavy atom. The molecule has 0 aliphatic carbocycles. The lowest BCUT2D eigenvalue weighted by Gasteiger charge is -2.08. The van der Waals surface area contributed by atoms with Gasteiger partial charge in [-0.05, 0) is 42.8 Å². The molecule has 2 rings (SSSR count). The van der Waals surface area contributed by atoms with Gasteiger partial charge in [-0.25, -0.2) is 0 Å². The fourth-order valence-electron chi connectivity index (χ4n) is 2.23. The van der Waals surface area contributed by atoms with Gasteiger partial charge < -0.3 is 9.47 Å². The summed E-state index contributed by atoms with van der Waals surface area (Å²) in [5, 5.41) is 0. The second-order valence-electron chi connectivity index (χ2n) is 5.36. The van der Waals surface area contributed by atoms with Crippen LogP contribution in [0.4, 0.5) is 0 Å². The van der Waals surface area contributed by atoms with Crippen molar-refractivity contribution in [2.24, 2.45) is 0 Å². The normalized spacial score (nSPS) is 10.4. The molecule has 2 nitrogen and oxygen atoms in total. The van der Waals surface area contributed by atoms with Crippen molar-refractivity contribution in [2.45, 2.75) is 38.5 Å². The van der Waals surface area contributed by atoms with Gasteiger partial charge in [-0.15, -0.1) is 0 Å². The summed E-state index contributed by atoms with van der Waals surface area (Å²) in [5.41, 5.74) is 0. The summed E-state index contributed by atoms with van der Waals surface area (Å²) >= 11 is 0. The highest BCUT2D eigenvalue weighted by molar-refractivity contribution is 5.35. The molecule has 0 saturated heterocycles. The van der Waals surface area contributed by atoms with Crippen molar-refractivity contribution in [3.05, 3.63) is 61.5 Å². The molecule has 117 valence electrons. The average Bonchev–Trinajstić information content (AvgIpc) is 2.56. The SMILES string of the molecule is [CH2]CCCCCCCOc1ccc(Oc2ccccc2)cc1. The third-order valence-electron chi connectivity index (χ3n) is 3.47. The van der Waals surface area contributed by atoms with Gasteiger partial charge in [-0.1, -0.05) is 57.2 Å². The number of rotatable bonds is 10. The Labute approximate surface area is 134 Å². The molecule has 0 fully saturated rings. The van der Waals surface area contributed by atoms with Crippen LogP contribution in [0, 0.1) is 6.92 Å². The zero-order valence-electron chi connectivity index (χ0n) is 13.2. The van der Waals surface area contributed by atoms with E-state index in [1.54, 1.807) is 0 Å². The van der Waals surface area contributed by atoms with Crippen LogP contribution in [0.5, 0.6) is 17.2 Å². The van der Waals surface area contributed by atoms with Crippen LogP contribution in [0.25, 0.3) is 0 Å². The van der Waals surface area contributed by atoms with Gasteiger partial charge in [0.1, 0.15) is 17.2 Å². The van der Waals surface area contributed by atoms with Crippen LogP contribution >= 0.6 is 0 Å². The van der Waals surface area contributed by atoms with Crippen molar-refractivity contribution in [1.29, 1.82) is 0 Å². The largest absolute Gasteiger partial charge is 0.494 e. The van der Waals surface area contributed by atoms with Gasteiger partial charge >= 0.3 is 0 Å². The first-order valence-electron chi connectivity index (χ1n) is 8.13. The zero-order chi connectivity index (χ0) is 15.5. The molecule has 0 bridgehead atoms. The summed E-state index contributed by atoms with van der Waals surface area (Å²) in [4.78, 5) is 0. The second-order valence-corrected chi connectivity index (χ2v) is 5.36. The second kappa shape index (κ2) is 9.88. The molecule has 0 saturated carbocycles. The summed E-state index contributed by atoms with van der Waals surface area (Å²) in [6, 6.07) is 17.6. The summed E-state index contributed by atoms with van der Waals surface area (Å²) in [6.07, 6.45) is 7.20. The Hall–Kier alpha value is -1.96. The van der Waals surface area contributed by atoms with E-state index in [2.05, 4.69) is 6.92 Å². The van der Waals surface area contributed by atoms with E-state index in [-0.39, 0.29) is 0 Å². The van der Waals surface area contributed by atoms with E-state index in [4.69, 9.17) is 9.47 Å². The molecule has 0 atom stereocenters. The molecule has 2 aromatic rings. The minimum Gasteiger partial charge on any atom is -0.494 e. The topological polar surface area (TPSA) is 18.5 Å². The quantitative estimate of drug-likeness (QED) is 0.498. The maximum absolute atomic E-state index is 5.75. The Kier molecular flexibility index (Phi) is 7.37. The Bertz CT molecular complexity index is 505. The van der Waals surface area contributed by atoms with E-state index < -0.39 is 0 Å². The van der Waals surface area contributed by atoms with E-state index in [0.717, 1.165) is 36.7 Å². The third-order valence-corrected chi connectivity index (χ3v) is 3.47. The van der Waals surface area contributed by atoms with E-state index >= 15 is 0 Å². The summed E-state index contributed by atoms with van der Waals surface area (Å²) < 4.78 is 11.5. The highest BCUT2D eigenvalue weighted by Crippen LogP contribution is 2.23. The van der Waals surface area contributed by atoms with Crippen LogP contribution in [0.1, 0.15) is 38.5 Å². The number of hydrogen-bond donors (Lipinski definition) is 0. The molecule has 0 heterocycles. The first kappa shape index (κ1) is 16.4. The van der Waals surface area contributed by atoms with Crippen LogP contribution in [0.3, 0.4) is 0 Å². The molecule has 0 unspecified atom stereocenters. The highest BCUT2D eigenvalue weighted by atomic mass is 16.5. The first-order chi connectivity index (χ1) is 10.9. The standard InChI is InChI=1S/C20H25O2/c1-2-3-4-5-6-10-17-21-18-13-15-20(16-14-18)22-19-11-8-7-9-12-19/h7-9,11-16H,1-6,10,17H2. The molecular weight excluding hydrogens is 272 g/mol. The summed E-state index contributed by atoms with van der Waals surface area (Å²) in [5.74, 6) is 2.57. The molecule has 2 heteroatoms. The van der Waals surface area contributed by atoms with Gasteiger partial charge in [-0.3, -0.25) is 0 Å². The average molecular weight is 297 g/mol. The molecule has 0 aliphatic heterocycles. The van der Waals surface area contributed by atoms with Crippen molar-refractivity contribution in [3.63, 3.8) is 0 Å². The zero-order valence-corrected chi connectivity index (χ0v) is 13.2. The van der Waals surface area contributed by atoms with E-state index in [0.29, 0.717) is 0 Å². The van der Waals surface area contributed by atoms with Crippen molar-refractivity contribution in [2.75, 3.05) is 6.61 Å². The van der Waals surface area contributed by atoms with Gasteiger partial charge in [0.15, 0.2) is 0 Å². The predicted molar refractivity (Wildman–Crippen MR) is 91.5 cm³/mol. The van der Waals surface area contributed by atoms with Gasteiger partial charge in [-0.2, -0.15) is 0 Å². The minimum absolute atomic E-state index is 0.781. The Morgan fingerprint density at radius 2 is 1.23 bits per heavy atom. The Morgan fingerprint density at radius 3 is 1.95 bits per heavy atom. The summed E-state index contributed by atoms with van der Waals surface area (Å²) in [6.45, 7) is 4.64. The number of benzene rings is 2. The predicted octanol–water partition coefficient (Wildman–Crippen LogP) is 6.03. The van der Waals surface area contributed by atoms with Crippen LogP contribution in [-0.2, 0) is 0 Å². The molecule has 22 heavy (non-hydrogen) atoms. The maximum Gasteiger partial charge on any atom is 0.127 e. The summed E-state index contributed by atoms with van der Waals surface area (Å²) in [7, 11) is 0. The number of ether oxygens (including phenoxy) is 2. The molecule has 0 aliphatic rings. The molecule has 0 aromatic heterocycles. The number of unbranched alkanes of at least 4 members (excludes halogenated alkanes) is 5. The maximum atomic E-state index is 5.75. The fourth-order valence-corrected chi connectivity index (χ4v) is 2.23. The van der Waals surface area contributed by atoms with E-state index in [1.165, 1.54) is 25.7 Å². The van der Waals surface area contributed by atoms with Crippen LogP contribution in [0.2, 0.25) is 0 Å². The number of hydrogen-bond acceptors (Lipinski definition) is 2. The van der Waals surface area contributed by atoms with Crippen LogP contribution in [0.15, 0.2) is 54.6 Å².